The van der Waals surface area contributed by atoms with E-state index in [1.54, 1.807) is 7.11 Å². The molecule has 0 bridgehead atoms. The van der Waals surface area contributed by atoms with Crippen LogP contribution in [0.4, 0.5) is 0 Å². The van der Waals surface area contributed by atoms with Crippen LogP contribution in [0.3, 0.4) is 0 Å². The number of benzene rings is 1. The van der Waals surface area contributed by atoms with Crippen molar-refractivity contribution in [3.63, 3.8) is 0 Å². The fourth-order valence-electron chi connectivity index (χ4n) is 2.28. The van der Waals surface area contributed by atoms with Gasteiger partial charge in [-0.3, -0.25) is 4.68 Å². The number of para-hydroxylation sites is 1. The molecule has 1 heterocycles. The Balaban J connectivity index is 2.20. The summed E-state index contributed by atoms with van der Waals surface area (Å²) >= 11 is 0. The number of rotatable bonds is 5. The van der Waals surface area contributed by atoms with Crippen LogP contribution in [0, 0.1) is 0 Å². The zero-order valence-electron chi connectivity index (χ0n) is 11.8. The van der Waals surface area contributed by atoms with Crippen molar-refractivity contribution < 1.29 is 4.74 Å². The van der Waals surface area contributed by atoms with Crippen molar-refractivity contribution in [3.05, 3.63) is 47.3 Å². The summed E-state index contributed by atoms with van der Waals surface area (Å²) in [5.74, 6) is 0.885. The minimum Gasteiger partial charge on any atom is -0.496 e. The van der Waals surface area contributed by atoms with Gasteiger partial charge in [0, 0.05) is 7.05 Å². The molecule has 2 rings (SSSR count). The molecular weight excluding hydrogens is 238 g/mol. The summed E-state index contributed by atoms with van der Waals surface area (Å²) in [6.45, 7) is 2.10. The van der Waals surface area contributed by atoms with E-state index < -0.39 is 0 Å². The lowest BCUT2D eigenvalue weighted by Crippen LogP contribution is -2.17. The van der Waals surface area contributed by atoms with Crippen LogP contribution >= 0.6 is 0 Å². The Labute approximate surface area is 114 Å². The Kier molecular flexibility index (Phi) is 4.22. The maximum absolute atomic E-state index is 6.30. The monoisotopic (exact) mass is 259 g/mol. The maximum atomic E-state index is 6.30. The number of nitrogens with zero attached hydrogens (tertiary/aromatic N) is 2. The zero-order chi connectivity index (χ0) is 13.8. The number of aromatic nitrogens is 2. The fourth-order valence-corrected chi connectivity index (χ4v) is 2.28. The SMILES string of the molecule is CCc1cc(C(N)Cc2ccccc2OC)n(C)n1. The second-order valence-electron chi connectivity index (χ2n) is 4.66. The first-order chi connectivity index (χ1) is 9.15. The molecule has 0 amide bonds. The topological polar surface area (TPSA) is 53.1 Å². The number of aryl methyl sites for hydroxylation is 2. The first-order valence-corrected chi connectivity index (χ1v) is 6.56. The molecule has 1 unspecified atom stereocenters. The van der Waals surface area contributed by atoms with Crippen LogP contribution in [0.1, 0.15) is 29.9 Å². The van der Waals surface area contributed by atoms with Gasteiger partial charge in [0.25, 0.3) is 0 Å². The molecule has 0 aliphatic heterocycles. The largest absolute Gasteiger partial charge is 0.496 e. The standard InChI is InChI=1S/C15H21N3O/c1-4-12-10-14(18(2)17-12)13(16)9-11-7-5-6-8-15(11)19-3/h5-8,10,13H,4,9,16H2,1-3H3. The summed E-state index contributed by atoms with van der Waals surface area (Å²) in [5, 5.41) is 4.44. The van der Waals surface area contributed by atoms with Crippen molar-refractivity contribution in [1.82, 2.24) is 9.78 Å². The third-order valence-electron chi connectivity index (χ3n) is 3.34. The second kappa shape index (κ2) is 5.89. The average Bonchev–Trinajstić information content (AvgIpc) is 2.80. The molecular formula is C15H21N3O. The molecule has 0 fully saturated rings. The fraction of sp³-hybridized carbons (Fsp3) is 0.400. The molecule has 2 N–H and O–H groups in total. The smallest absolute Gasteiger partial charge is 0.122 e. The van der Waals surface area contributed by atoms with Crippen LogP contribution in [-0.4, -0.2) is 16.9 Å². The van der Waals surface area contributed by atoms with Gasteiger partial charge in [-0.2, -0.15) is 5.10 Å². The molecule has 0 saturated carbocycles. The molecule has 1 atom stereocenters. The number of methoxy groups -OCH3 is 1. The number of ether oxygens (including phenoxy) is 1. The summed E-state index contributed by atoms with van der Waals surface area (Å²) in [7, 11) is 3.63. The van der Waals surface area contributed by atoms with E-state index in [0.717, 1.165) is 35.5 Å². The molecule has 102 valence electrons. The molecule has 4 nitrogen and oxygen atoms in total. The van der Waals surface area contributed by atoms with Crippen LogP contribution in [0.25, 0.3) is 0 Å². The summed E-state index contributed by atoms with van der Waals surface area (Å²) in [6.07, 6.45) is 1.67. The number of hydrogen-bond donors (Lipinski definition) is 1. The summed E-state index contributed by atoms with van der Waals surface area (Å²) in [6, 6.07) is 9.99. The molecule has 1 aromatic heterocycles. The lowest BCUT2D eigenvalue weighted by atomic mass is 10.0. The minimum atomic E-state index is -0.0749. The Hall–Kier alpha value is -1.81. The first kappa shape index (κ1) is 13.6. The Bertz CT molecular complexity index is 548. The molecule has 19 heavy (non-hydrogen) atoms. The molecule has 0 spiro atoms. The van der Waals surface area contributed by atoms with Crippen LogP contribution < -0.4 is 10.5 Å². The average molecular weight is 259 g/mol. The molecule has 0 aliphatic rings. The highest BCUT2D eigenvalue weighted by Gasteiger charge is 2.15. The van der Waals surface area contributed by atoms with Crippen LogP contribution in [0.5, 0.6) is 5.75 Å². The van der Waals surface area contributed by atoms with Crippen molar-refractivity contribution in [2.24, 2.45) is 12.8 Å². The van der Waals surface area contributed by atoms with Crippen LogP contribution in [0.2, 0.25) is 0 Å². The molecule has 0 saturated heterocycles. The summed E-state index contributed by atoms with van der Waals surface area (Å²) < 4.78 is 7.23. The predicted octanol–water partition coefficient (Wildman–Crippen LogP) is 2.23. The highest BCUT2D eigenvalue weighted by Crippen LogP contribution is 2.23. The number of hydrogen-bond acceptors (Lipinski definition) is 3. The molecule has 1 aromatic carbocycles. The van der Waals surface area contributed by atoms with Gasteiger partial charge in [0.15, 0.2) is 0 Å². The Morgan fingerprint density at radius 2 is 2.11 bits per heavy atom. The van der Waals surface area contributed by atoms with Gasteiger partial charge in [-0.05, 0) is 30.5 Å². The van der Waals surface area contributed by atoms with E-state index in [4.69, 9.17) is 10.5 Å². The third-order valence-corrected chi connectivity index (χ3v) is 3.34. The Morgan fingerprint density at radius 3 is 2.74 bits per heavy atom. The van der Waals surface area contributed by atoms with Gasteiger partial charge >= 0.3 is 0 Å². The summed E-state index contributed by atoms with van der Waals surface area (Å²) in [4.78, 5) is 0. The van der Waals surface area contributed by atoms with Crippen molar-refractivity contribution in [2.75, 3.05) is 7.11 Å². The molecule has 0 radical (unpaired) electrons. The molecule has 4 heteroatoms. The summed E-state index contributed by atoms with van der Waals surface area (Å²) in [5.41, 5.74) is 9.56. The van der Waals surface area contributed by atoms with Gasteiger partial charge in [-0.25, -0.2) is 0 Å². The van der Waals surface area contributed by atoms with E-state index in [9.17, 15) is 0 Å². The molecule has 2 aromatic rings. The van der Waals surface area contributed by atoms with Crippen molar-refractivity contribution in [3.8, 4) is 5.75 Å². The van der Waals surface area contributed by atoms with E-state index in [0.29, 0.717) is 0 Å². The van der Waals surface area contributed by atoms with E-state index in [1.165, 1.54) is 0 Å². The maximum Gasteiger partial charge on any atom is 0.122 e. The quantitative estimate of drug-likeness (QED) is 0.896. The first-order valence-electron chi connectivity index (χ1n) is 6.56. The van der Waals surface area contributed by atoms with E-state index >= 15 is 0 Å². The van der Waals surface area contributed by atoms with Gasteiger partial charge in [0.05, 0.1) is 24.5 Å². The van der Waals surface area contributed by atoms with Gasteiger partial charge in [-0.1, -0.05) is 25.1 Å². The third kappa shape index (κ3) is 2.96. The normalized spacial score (nSPS) is 12.4. The highest BCUT2D eigenvalue weighted by atomic mass is 16.5. The van der Waals surface area contributed by atoms with Crippen molar-refractivity contribution in [1.29, 1.82) is 0 Å². The van der Waals surface area contributed by atoms with Crippen LogP contribution in [0.15, 0.2) is 30.3 Å². The highest BCUT2D eigenvalue weighted by molar-refractivity contribution is 5.34. The van der Waals surface area contributed by atoms with Crippen LogP contribution in [-0.2, 0) is 19.9 Å². The van der Waals surface area contributed by atoms with Crippen molar-refractivity contribution in [2.45, 2.75) is 25.8 Å². The van der Waals surface area contributed by atoms with E-state index in [-0.39, 0.29) is 6.04 Å². The van der Waals surface area contributed by atoms with E-state index in [1.807, 2.05) is 29.9 Å². The van der Waals surface area contributed by atoms with Gasteiger partial charge in [0.2, 0.25) is 0 Å². The lowest BCUT2D eigenvalue weighted by Gasteiger charge is -2.14. The minimum absolute atomic E-state index is 0.0749. The predicted molar refractivity (Wildman–Crippen MR) is 76.2 cm³/mol. The Morgan fingerprint density at radius 1 is 1.37 bits per heavy atom. The second-order valence-corrected chi connectivity index (χ2v) is 4.66. The lowest BCUT2D eigenvalue weighted by molar-refractivity contribution is 0.407. The van der Waals surface area contributed by atoms with Crippen molar-refractivity contribution >= 4 is 0 Å². The van der Waals surface area contributed by atoms with E-state index in [2.05, 4.69) is 24.2 Å². The zero-order valence-corrected chi connectivity index (χ0v) is 11.8. The number of nitrogens with two attached hydrogens (primary N) is 1. The van der Waals surface area contributed by atoms with Gasteiger partial charge in [0.1, 0.15) is 5.75 Å². The van der Waals surface area contributed by atoms with Gasteiger partial charge < -0.3 is 10.5 Å². The molecule has 0 aliphatic carbocycles. The van der Waals surface area contributed by atoms with Gasteiger partial charge in [-0.15, -0.1) is 0 Å².